The Bertz CT molecular complexity index is 1120. The fraction of sp³-hybridized carbons (Fsp3) is 0.348. The molecule has 1 N–H and O–H groups in total. The standard InChI is InChI=1S/C23H24N4O4/c1-29-19-10-15(11-20-22(19)31-14-30-20)13-27-8-5-16(6-9-27)18-12-21(28)26-23(25-18)17-4-2-3-7-24-17/h2-4,7,10-12,16H,5-6,8-9,13-14H2,1H3,(H,25,26,28). The fourth-order valence-electron chi connectivity index (χ4n) is 4.23. The molecular weight excluding hydrogens is 396 g/mol. The number of piperidine rings is 1. The lowest BCUT2D eigenvalue weighted by Crippen LogP contribution is -2.33. The molecule has 4 heterocycles. The summed E-state index contributed by atoms with van der Waals surface area (Å²) < 4.78 is 16.5. The Kier molecular flexibility index (Phi) is 5.30. The summed E-state index contributed by atoms with van der Waals surface area (Å²) in [6, 6.07) is 11.2. The Balaban J connectivity index is 1.27. The number of nitrogens with zero attached hydrogens (tertiary/aromatic N) is 3. The SMILES string of the molecule is COc1cc(CN2CCC(c3cc(=O)[nH]c(-c4ccccn4)n3)CC2)cc2c1OCO2. The Labute approximate surface area is 179 Å². The number of likely N-dealkylation sites (tertiary alicyclic amines) is 1. The number of fused-ring (bicyclic) bond motifs is 1. The maximum absolute atomic E-state index is 12.2. The van der Waals surface area contributed by atoms with E-state index in [-0.39, 0.29) is 18.3 Å². The van der Waals surface area contributed by atoms with Gasteiger partial charge in [0.15, 0.2) is 17.3 Å². The second kappa shape index (κ2) is 8.39. The van der Waals surface area contributed by atoms with E-state index in [2.05, 4.69) is 14.9 Å². The highest BCUT2D eigenvalue weighted by Gasteiger charge is 2.25. The van der Waals surface area contributed by atoms with Crippen LogP contribution in [0.5, 0.6) is 17.2 Å². The summed E-state index contributed by atoms with van der Waals surface area (Å²) in [6.45, 7) is 2.88. The molecule has 2 aliphatic rings. The van der Waals surface area contributed by atoms with Crippen LogP contribution in [0.15, 0.2) is 47.4 Å². The Morgan fingerprint density at radius 1 is 1.19 bits per heavy atom. The Hall–Kier alpha value is -3.39. The average Bonchev–Trinajstić information content (AvgIpc) is 3.28. The Morgan fingerprint density at radius 3 is 2.84 bits per heavy atom. The van der Waals surface area contributed by atoms with Crippen LogP contribution in [0.4, 0.5) is 0 Å². The molecule has 0 amide bonds. The number of methoxy groups -OCH3 is 1. The van der Waals surface area contributed by atoms with Gasteiger partial charge in [0.05, 0.1) is 12.8 Å². The molecule has 31 heavy (non-hydrogen) atoms. The summed E-state index contributed by atoms with van der Waals surface area (Å²) in [6.07, 6.45) is 3.59. The molecule has 0 unspecified atom stereocenters. The zero-order chi connectivity index (χ0) is 21.2. The predicted octanol–water partition coefficient (Wildman–Crippen LogP) is 2.95. The van der Waals surface area contributed by atoms with Crippen molar-refractivity contribution in [2.45, 2.75) is 25.3 Å². The van der Waals surface area contributed by atoms with E-state index in [4.69, 9.17) is 19.2 Å². The molecule has 0 atom stereocenters. The minimum absolute atomic E-state index is 0.138. The van der Waals surface area contributed by atoms with E-state index in [9.17, 15) is 4.79 Å². The van der Waals surface area contributed by atoms with Gasteiger partial charge in [0.25, 0.3) is 5.56 Å². The van der Waals surface area contributed by atoms with Crippen molar-refractivity contribution in [1.82, 2.24) is 19.9 Å². The third-order valence-corrected chi connectivity index (χ3v) is 5.80. The Morgan fingerprint density at radius 2 is 2.06 bits per heavy atom. The summed E-state index contributed by atoms with van der Waals surface area (Å²) in [5, 5.41) is 0. The van der Waals surface area contributed by atoms with Crippen molar-refractivity contribution in [3.8, 4) is 28.8 Å². The number of ether oxygens (including phenoxy) is 3. The first-order valence-electron chi connectivity index (χ1n) is 10.4. The summed E-state index contributed by atoms with van der Waals surface area (Å²) in [5.41, 5.74) is 2.51. The van der Waals surface area contributed by atoms with Crippen LogP contribution in [0.25, 0.3) is 11.5 Å². The van der Waals surface area contributed by atoms with Crippen LogP contribution < -0.4 is 19.8 Å². The normalized spacial score (nSPS) is 16.4. The minimum Gasteiger partial charge on any atom is -0.493 e. The first-order chi connectivity index (χ1) is 15.2. The summed E-state index contributed by atoms with van der Waals surface area (Å²) in [7, 11) is 1.64. The minimum atomic E-state index is -0.138. The zero-order valence-electron chi connectivity index (χ0n) is 17.3. The molecule has 0 radical (unpaired) electrons. The molecule has 8 nitrogen and oxygen atoms in total. The van der Waals surface area contributed by atoms with Crippen molar-refractivity contribution >= 4 is 0 Å². The van der Waals surface area contributed by atoms with Gasteiger partial charge in [-0.3, -0.25) is 14.7 Å². The molecule has 1 saturated heterocycles. The molecule has 0 bridgehead atoms. The zero-order valence-corrected chi connectivity index (χ0v) is 17.3. The molecule has 1 aromatic carbocycles. The first kappa shape index (κ1) is 19.6. The van der Waals surface area contributed by atoms with E-state index < -0.39 is 0 Å². The van der Waals surface area contributed by atoms with Gasteiger partial charge < -0.3 is 19.2 Å². The van der Waals surface area contributed by atoms with Gasteiger partial charge in [0, 0.05) is 24.7 Å². The summed E-state index contributed by atoms with van der Waals surface area (Å²) in [4.78, 5) is 26.4. The quantitative estimate of drug-likeness (QED) is 0.679. The number of hydrogen-bond acceptors (Lipinski definition) is 7. The highest BCUT2D eigenvalue weighted by atomic mass is 16.7. The molecule has 1 fully saturated rings. The molecule has 5 rings (SSSR count). The van der Waals surface area contributed by atoms with Crippen molar-refractivity contribution in [3.05, 3.63) is 64.2 Å². The largest absolute Gasteiger partial charge is 0.493 e. The lowest BCUT2D eigenvalue weighted by atomic mass is 9.93. The van der Waals surface area contributed by atoms with E-state index in [1.807, 2.05) is 30.3 Å². The third-order valence-electron chi connectivity index (χ3n) is 5.80. The topological polar surface area (TPSA) is 89.6 Å². The maximum atomic E-state index is 12.2. The van der Waals surface area contributed by atoms with Crippen LogP contribution in [0.1, 0.15) is 30.0 Å². The number of nitrogens with one attached hydrogen (secondary N) is 1. The third kappa shape index (κ3) is 4.11. The lowest BCUT2D eigenvalue weighted by Gasteiger charge is -2.31. The molecule has 3 aromatic rings. The predicted molar refractivity (Wildman–Crippen MR) is 114 cm³/mol. The molecule has 0 aliphatic carbocycles. The molecular formula is C23H24N4O4. The number of rotatable bonds is 5. The fourth-order valence-corrected chi connectivity index (χ4v) is 4.23. The molecule has 0 spiro atoms. The van der Waals surface area contributed by atoms with Gasteiger partial charge >= 0.3 is 0 Å². The first-order valence-corrected chi connectivity index (χ1v) is 10.4. The molecule has 8 heteroatoms. The average molecular weight is 420 g/mol. The van der Waals surface area contributed by atoms with Crippen LogP contribution in [0.2, 0.25) is 0 Å². The number of aromatic amines is 1. The van der Waals surface area contributed by atoms with Gasteiger partial charge in [0.1, 0.15) is 5.69 Å². The van der Waals surface area contributed by atoms with Gasteiger partial charge in [-0.25, -0.2) is 4.98 Å². The van der Waals surface area contributed by atoms with Gasteiger partial charge in [-0.2, -0.15) is 0 Å². The molecule has 2 aromatic heterocycles. The van der Waals surface area contributed by atoms with E-state index in [1.165, 1.54) is 0 Å². The number of pyridine rings is 1. The van der Waals surface area contributed by atoms with Crippen molar-refractivity contribution in [2.75, 3.05) is 27.0 Å². The lowest BCUT2D eigenvalue weighted by molar-refractivity contribution is 0.171. The van der Waals surface area contributed by atoms with Crippen molar-refractivity contribution in [3.63, 3.8) is 0 Å². The van der Waals surface area contributed by atoms with E-state index in [0.717, 1.165) is 49.5 Å². The van der Waals surface area contributed by atoms with Crippen LogP contribution >= 0.6 is 0 Å². The second-order valence-electron chi connectivity index (χ2n) is 7.82. The number of hydrogen-bond donors (Lipinski definition) is 1. The molecule has 2 aliphatic heterocycles. The highest BCUT2D eigenvalue weighted by Crippen LogP contribution is 2.42. The smallest absolute Gasteiger partial charge is 0.251 e. The maximum Gasteiger partial charge on any atom is 0.251 e. The van der Waals surface area contributed by atoms with E-state index >= 15 is 0 Å². The summed E-state index contributed by atoms with van der Waals surface area (Å²) >= 11 is 0. The van der Waals surface area contributed by atoms with Crippen LogP contribution in [-0.4, -0.2) is 46.8 Å². The number of H-pyrrole nitrogens is 1. The van der Waals surface area contributed by atoms with Gasteiger partial charge in [-0.15, -0.1) is 0 Å². The second-order valence-corrected chi connectivity index (χ2v) is 7.82. The van der Waals surface area contributed by atoms with Crippen LogP contribution in [0, 0.1) is 0 Å². The monoisotopic (exact) mass is 420 g/mol. The van der Waals surface area contributed by atoms with Crippen molar-refractivity contribution in [1.29, 1.82) is 0 Å². The van der Waals surface area contributed by atoms with Crippen LogP contribution in [0.3, 0.4) is 0 Å². The van der Waals surface area contributed by atoms with Crippen LogP contribution in [-0.2, 0) is 6.54 Å². The van der Waals surface area contributed by atoms with Gasteiger partial charge in [-0.05, 0) is 55.8 Å². The van der Waals surface area contributed by atoms with Crippen molar-refractivity contribution in [2.24, 2.45) is 0 Å². The van der Waals surface area contributed by atoms with E-state index in [1.54, 1.807) is 19.4 Å². The van der Waals surface area contributed by atoms with Gasteiger partial charge in [-0.1, -0.05) is 6.07 Å². The number of aromatic nitrogens is 3. The number of benzene rings is 1. The molecule has 160 valence electrons. The summed E-state index contributed by atoms with van der Waals surface area (Å²) in [5.74, 6) is 2.90. The highest BCUT2D eigenvalue weighted by molar-refractivity contribution is 5.55. The van der Waals surface area contributed by atoms with Crippen molar-refractivity contribution < 1.29 is 14.2 Å². The van der Waals surface area contributed by atoms with E-state index in [0.29, 0.717) is 23.0 Å². The van der Waals surface area contributed by atoms with Gasteiger partial charge in [0.2, 0.25) is 12.5 Å². The molecule has 0 saturated carbocycles.